The van der Waals surface area contributed by atoms with Crippen molar-refractivity contribution in [3.8, 4) is 0 Å². The van der Waals surface area contributed by atoms with Gasteiger partial charge in [0.25, 0.3) is 0 Å². The Bertz CT molecular complexity index is 856. The molecule has 1 saturated heterocycles. The molecule has 1 aliphatic heterocycles. The predicted octanol–water partition coefficient (Wildman–Crippen LogP) is 3.71. The summed E-state index contributed by atoms with van der Waals surface area (Å²) in [5, 5.41) is 9.67. The zero-order chi connectivity index (χ0) is 21.3. The number of benzene rings is 2. The van der Waals surface area contributed by atoms with Crippen molar-refractivity contribution in [2.75, 3.05) is 36.9 Å². The van der Waals surface area contributed by atoms with Crippen LogP contribution in [0.2, 0.25) is 0 Å². The van der Waals surface area contributed by atoms with Crippen LogP contribution in [0.1, 0.15) is 43.9 Å². The van der Waals surface area contributed by atoms with Crippen molar-refractivity contribution >= 4 is 23.2 Å². The van der Waals surface area contributed by atoms with Crippen molar-refractivity contribution in [1.82, 2.24) is 10.6 Å². The minimum atomic E-state index is -0.0561. The van der Waals surface area contributed by atoms with Crippen LogP contribution < -0.4 is 20.9 Å². The van der Waals surface area contributed by atoms with Gasteiger partial charge in [-0.2, -0.15) is 0 Å². The van der Waals surface area contributed by atoms with Gasteiger partial charge in [-0.1, -0.05) is 24.3 Å². The Kier molecular flexibility index (Phi) is 7.71. The SMILES string of the molecule is CN=C(NCCc1ccc(NC(C)=O)cc1)NC(C)c1cccc(N2CCCC2)c1. The van der Waals surface area contributed by atoms with E-state index in [4.69, 9.17) is 0 Å². The van der Waals surface area contributed by atoms with E-state index in [2.05, 4.69) is 57.0 Å². The monoisotopic (exact) mass is 407 g/mol. The molecule has 1 unspecified atom stereocenters. The van der Waals surface area contributed by atoms with Gasteiger partial charge < -0.3 is 20.9 Å². The third-order valence-corrected chi connectivity index (χ3v) is 5.40. The van der Waals surface area contributed by atoms with Crippen LogP contribution in [0, 0.1) is 0 Å². The minimum Gasteiger partial charge on any atom is -0.372 e. The molecule has 0 saturated carbocycles. The van der Waals surface area contributed by atoms with Gasteiger partial charge in [-0.15, -0.1) is 0 Å². The lowest BCUT2D eigenvalue weighted by atomic mass is 10.1. The molecule has 2 aromatic rings. The number of aliphatic imine (C=N–C) groups is 1. The second-order valence-electron chi connectivity index (χ2n) is 7.78. The van der Waals surface area contributed by atoms with Crippen LogP contribution in [0.15, 0.2) is 53.5 Å². The first-order valence-electron chi connectivity index (χ1n) is 10.7. The van der Waals surface area contributed by atoms with Gasteiger partial charge in [-0.05, 0) is 61.6 Å². The number of nitrogens with one attached hydrogen (secondary N) is 3. The highest BCUT2D eigenvalue weighted by Crippen LogP contribution is 2.23. The average Bonchev–Trinajstić information content (AvgIpc) is 3.29. The first kappa shape index (κ1) is 21.7. The van der Waals surface area contributed by atoms with E-state index in [0.717, 1.165) is 37.7 Å². The van der Waals surface area contributed by atoms with E-state index in [9.17, 15) is 4.79 Å². The number of rotatable bonds is 7. The standard InChI is InChI=1S/C24H33N5O/c1-18(21-7-6-8-23(17-21)29-15-4-5-16-29)27-24(25-3)26-14-13-20-9-11-22(12-10-20)28-19(2)30/h6-12,17-18H,4-5,13-16H2,1-3H3,(H,28,30)(H2,25,26,27). The second-order valence-corrected chi connectivity index (χ2v) is 7.78. The summed E-state index contributed by atoms with van der Waals surface area (Å²) >= 11 is 0. The van der Waals surface area contributed by atoms with Crippen molar-refractivity contribution in [1.29, 1.82) is 0 Å². The van der Waals surface area contributed by atoms with Gasteiger partial charge in [0, 0.05) is 45.0 Å². The molecule has 30 heavy (non-hydrogen) atoms. The van der Waals surface area contributed by atoms with Crippen molar-refractivity contribution in [2.45, 2.75) is 39.2 Å². The fraction of sp³-hybridized carbons (Fsp3) is 0.417. The second kappa shape index (κ2) is 10.7. The van der Waals surface area contributed by atoms with Gasteiger partial charge in [0.05, 0.1) is 6.04 Å². The van der Waals surface area contributed by atoms with Crippen molar-refractivity contribution < 1.29 is 4.79 Å². The predicted molar refractivity (Wildman–Crippen MR) is 125 cm³/mol. The van der Waals surface area contributed by atoms with Crippen LogP contribution in [0.5, 0.6) is 0 Å². The fourth-order valence-electron chi connectivity index (χ4n) is 3.73. The normalized spacial score (nSPS) is 15.0. The van der Waals surface area contributed by atoms with E-state index in [1.165, 1.54) is 36.6 Å². The number of hydrogen-bond acceptors (Lipinski definition) is 3. The molecule has 1 atom stereocenters. The fourth-order valence-corrected chi connectivity index (χ4v) is 3.73. The molecular formula is C24H33N5O. The van der Waals surface area contributed by atoms with E-state index >= 15 is 0 Å². The highest BCUT2D eigenvalue weighted by molar-refractivity contribution is 5.88. The van der Waals surface area contributed by atoms with E-state index < -0.39 is 0 Å². The Morgan fingerprint density at radius 1 is 1.13 bits per heavy atom. The van der Waals surface area contributed by atoms with Crippen LogP contribution in [0.25, 0.3) is 0 Å². The number of anilines is 2. The zero-order valence-corrected chi connectivity index (χ0v) is 18.2. The number of hydrogen-bond donors (Lipinski definition) is 3. The Balaban J connectivity index is 1.49. The van der Waals surface area contributed by atoms with Crippen molar-refractivity contribution in [3.63, 3.8) is 0 Å². The summed E-state index contributed by atoms with van der Waals surface area (Å²) in [5.74, 6) is 0.739. The average molecular weight is 408 g/mol. The Hall–Kier alpha value is -3.02. The molecule has 3 N–H and O–H groups in total. The molecule has 0 aromatic heterocycles. The number of nitrogens with zero attached hydrogens (tertiary/aromatic N) is 2. The lowest BCUT2D eigenvalue weighted by Gasteiger charge is -2.22. The Morgan fingerprint density at radius 2 is 1.87 bits per heavy atom. The van der Waals surface area contributed by atoms with Gasteiger partial charge in [0.1, 0.15) is 0 Å². The highest BCUT2D eigenvalue weighted by atomic mass is 16.1. The molecule has 0 radical (unpaired) electrons. The van der Waals surface area contributed by atoms with Crippen LogP contribution in [0.3, 0.4) is 0 Å². The summed E-state index contributed by atoms with van der Waals surface area (Å²) in [5.41, 5.74) is 4.60. The third-order valence-electron chi connectivity index (χ3n) is 5.40. The van der Waals surface area contributed by atoms with E-state index in [0.29, 0.717) is 0 Å². The Labute approximate surface area is 179 Å². The lowest BCUT2D eigenvalue weighted by Crippen LogP contribution is -2.39. The molecule has 2 aromatic carbocycles. The van der Waals surface area contributed by atoms with E-state index in [-0.39, 0.29) is 11.9 Å². The van der Waals surface area contributed by atoms with Crippen molar-refractivity contribution in [3.05, 3.63) is 59.7 Å². The Morgan fingerprint density at radius 3 is 2.53 bits per heavy atom. The van der Waals surface area contributed by atoms with E-state index in [1.54, 1.807) is 7.05 Å². The molecule has 1 aliphatic rings. The molecule has 0 bridgehead atoms. The number of carbonyl (C=O) groups excluding carboxylic acids is 1. The maximum Gasteiger partial charge on any atom is 0.221 e. The molecule has 160 valence electrons. The number of carbonyl (C=O) groups is 1. The molecular weight excluding hydrogens is 374 g/mol. The summed E-state index contributed by atoms with van der Waals surface area (Å²) in [6.45, 7) is 6.76. The topological polar surface area (TPSA) is 68.8 Å². The minimum absolute atomic E-state index is 0.0561. The maximum atomic E-state index is 11.1. The largest absolute Gasteiger partial charge is 0.372 e. The summed E-state index contributed by atoms with van der Waals surface area (Å²) in [6, 6.07) is 16.9. The summed E-state index contributed by atoms with van der Waals surface area (Å²) in [6.07, 6.45) is 3.44. The van der Waals surface area contributed by atoms with Gasteiger partial charge in [-0.25, -0.2) is 0 Å². The van der Waals surface area contributed by atoms with Crippen LogP contribution >= 0.6 is 0 Å². The van der Waals surface area contributed by atoms with Gasteiger partial charge in [-0.3, -0.25) is 9.79 Å². The quantitative estimate of drug-likeness (QED) is 0.483. The molecule has 0 spiro atoms. The number of guanidine groups is 1. The van der Waals surface area contributed by atoms with Crippen LogP contribution in [-0.4, -0.2) is 38.5 Å². The first-order valence-corrected chi connectivity index (χ1v) is 10.7. The summed E-state index contributed by atoms with van der Waals surface area (Å²) < 4.78 is 0. The van der Waals surface area contributed by atoms with Crippen LogP contribution in [-0.2, 0) is 11.2 Å². The molecule has 0 aliphatic carbocycles. The molecule has 1 heterocycles. The molecule has 3 rings (SSSR count). The summed E-state index contributed by atoms with van der Waals surface area (Å²) in [4.78, 5) is 17.9. The highest BCUT2D eigenvalue weighted by Gasteiger charge is 2.14. The molecule has 6 heteroatoms. The van der Waals surface area contributed by atoms with Crippen LogP contribution in [0.4, 0.5) is 11.4 Å². The van der Waals surface area contributed by atoms with Crippen molar-refractivity contribution in [2.24, 2.45) is 4.99 Å². The number of amides is 1. The van der Waals surface area contributed by atoms with Gasteiger partial charge >= 0.3 is 0 Å². The zero-order valence-electron chi connectivity index (χ0n) is 18.2. The maximum absolute atomic E-state index is 11.1. The summed E-state index contributed by atoms with van der Waals surface area (Å²) in [7, 11) is 1.80. The molecule has 1 fully saturated rings. The first-order chi connectivity index (χ1) is 14.5. The molecule has 6 nitrogen and oxygen atoms in total. The van der Waals surface area contributed by atoms with Gasteiger partial charge in [0.15, 0.2) is 5.96 Å². The molecule has 1 amide bonds. The third kappa shape index (κ3) is 6.24. The smallest absolute Gasteiger partial charge is 0.221 e. The van der Waals surface area contributed by atoms with E-state index in [1.807, 2.05) is 24.3 Å². The van der Waals surface area contributed by atoms with Gasteiger partial charge in [0.2, 0.25) is 5.91 Å². The lowest BCUT2D eigenvalue weighted by molar-refractivity contribution is -0.114.